The maximum absolute atomic E-state index is 11.9. The molecule has 1 aromatic rings. The van der Waals surface area contributed by atoms with Gasteiger partial charge in [-0.3, -0.25) is 4.68 Å². The van der Waals surface area contributed by atoms with Crippen molar-refractivity contribution in [3.63, 3.8) is 0 Å². The van der Waals surface area contributed by atoms with Crippen molar-refractivity contribution in [1.29, 1.82) is 0 Å². The van der Waals surface area contributed by atoms with Crippen LogP contribution in [0.2, 0.25) is 0 Å². The molecule has 2 amide bonds. The topological polar surface area (TPSA) is 108 Å². The molecule has 1 saturated heterocycles. The first-order chi connectivity index (χ1) is 8.97. The van der Waals surface area contributed by atoms with E-state index in [1.165, 1.54) is 0 Å². The van der Waals surface area contributed by atoms with Crippen molar-refractivity contribution in [3.05, 3.63) is 18.0 Å². The molecule has 2 heterocycles. The molecule has 0 radical (unpaired) electrons. The molecule has 0 saturated carbocycles. The van der Waals surface area contributed by atoms with Crippen LogP contribution in [0.5, 0.6) is 0 Å². The number of likely N-dealkylation sites (tertiary alicyclic amines) is 1. The second-order valence-electron chi connectivity index (χ2n) is 4.54. The molecule has 1 aliphatic rings. The monoisotopic (exact) mass is 268 g/mol. The number of aliphatic hydroxyl groups excluding tert-OH is 1. The molecular weight excluding hydrogens is 252 g/mol. The van der Waals surface area contributed by atoms with Gasteiger partial charge in [0, 0.05) is 26.2 Å². The lowest BCUT2D eigenvalue weighted by molar-refractivity contribution is -0.141. The van der Waals surface area contributed by atoms with Gasteiger partial charge in [-0.2, -0.15) is 5.10 Å². The van der Waals surface area contributed by atoms with E-state index in [0.717, 1.165) is 4.90 Å². The molecule has 8 nitrogen and oxygen atoms in total. The van der Waals surface area contributed by atoms with Crippen molar-refractivity contribution in [2.24, 2.45) is 7.05 Å². The van der Waals surface area contributed by atoms with Crippen LogP contribution in [0.1, 0.15) is 12.1 Å². The van der Waals surface area contributed by atoms with Crippen LogP contribution in [0.3, 0.4) is 0 Å². The molecule has 8 heteroatoms. The van der Waals surface area contributed by atoms with Crippen molar-refractivity contribution in [3.8, 4) is 0 Å². The molecule has 3 N–H and O–H groups in total. The number of nitrogens with zero attached hydrogens (tertiary/aromatic N) is 3. The van der Waals surface area contributed by atoms with Gasteiger partial charge in [0.15, 0.2) is 0 Å². The number of hydrogen-bond acceptors (Lipinski definition) is 4. The van der Waals surface area contributed by atoms with E-state index in [4.69, 9.17) is 5.11 Å². The summed E-state index contributed by atoms with van der Waals surface area (Å²) in [6.45, 7) is 0.254. The van der Waals surface area contributed by atoms with Crippen molar-refractivity contribution >= 4 is 12.0 Å². The highest BCUT2D eigenvalue weighted by Gasteiger charge is 2.38. The third-order valence-corrected chi connectivity index (χ3v) is 3.01. The summed E-state index contributed by atoms with van der Waals surface area (Å²) in [4.78, 5) is 24.0. The SMILES string of the molecule is Cn1ccc(CNC(=O)N2C[C@@H](O)C[C@H]2C(=O)O)n1. The van der Waals surface area contributed by atoms with E-state index in [-0.39, 0.29) is 19.5 Å². The van der Waals surface area contributed by atoms with Crippen molar-refractivity contribution < 1.29 is 19.8 Å². The van der Waals surface area contributed by atoms with E-state index in [1.54, 1.807) is 24.0 Å². The molecule has 104 valence electrons. The predicted molar refractivity (Wildman–Crippen MR) is 64.2 cm³/mol. The summed E-state index contributed by atoms with van der Waals surface area (Å²) in [5.41, 5.74) is 0.683. The van der Waals surface area contributed by atoms with Crippen molar-refractivity contribution in [2.75, 3.05) is 6.54 Å². The van der Waals surface area contributed by atoms with Gasteiger partial charge < -0.3 is 20.4 Å². The van der Waals surface area contributed by atoms with Gasteiger partial charge in [-0.1, -0.05) is 0 Å². The number of urea groups is 1. The Hall–Kier alpha value is -2.09. The smallest absolute Gasteiger partial charge is 0.326 e. The molecular formula is C11H16N4O4. The molecule has 0 bridgehead atoms. The summed E-state index contributed by atoms with van der Waals surface area (Å²) < 4.78 is 1.61. The third-order valence-electron chi connectivity index (χ3n) is 3.01. The Morgan fingerprint density at radius 2 is 2.32 bits per heavy atom. The largest absolute Gasteiger partial charge is 0.480 e. The second kappa shape index (κ2) is 5.27. The minimum Gasteiger partial charge on any atom is -0.480 e. The molecule has 1 fully saturated rings. The van der Waals surface area contributed by atoms with Gasteiger partial charge in [0.1, 0.15) is 6.04 Å². The number of aliphatic carboxylic acids is 1. The molecule has 2 atom stereocenters. The summed E-state index contributed by atoms with van der Waals surface area (Å²) in [5.74, 6) is -1.11. The van der Waals surface area contributed by atoms with E-state index < -0.39 is 24.1 Å². The Morgan fingerprint density at radius 3 is 2.89 bits per heavy atom. The fourth-order valence-electron chi connectivity index (χ4n) is 2.10. The van der Waals surface area contributed by atoms with Crippen molar-refractivity contribution in [2.45, 2.75) is 25.1 Å². The highest BCUT2D eigenvalue weighted by Crippen LogP contribution is 2.18. The van der Waals surface area contributed by atoms with Crippen LogP contribution in [0, 0.1) is 0 Å². The number of nitrogens with one attached hydrogen (secondary N) is 1. The van der Waals surface area contributed by atoms with Crippen LogP contribution in [0.25, 0.3) is 0 Å². The van der Waals surface area contributed by atoms with E-state index in [0.29, 0.717) is 5.69 Å². The zero-order chi connectivity index (χ0) is 14.0. The molecule has 1 aliphatic heterocycles. The maximum Gasteiger partial charge on any atom is 0.326 e. The van der Waals surface area contributed by atoms with Gasteiger partial charge in [-0.15, -0.1) is 0 Å². The first-order valence-electron chi connectivity index (χ1n) is 5.91. The number of aryl methyl sites for hydroxylation is 1. The zero-order valence-electron chi connectivity index (χ0n) is 10.5. The number of β-amino-alcohol motifs (C(OH)–C–C–N with tert-alkyl or cyclic N) is 1. The zero-order valence-corrected chi connectivity index (χ0v) is 10.5. The number of carbonyl (C=O) groups excluding carboxylic acids is 1. The Kier molecular flexibility index (Phi) is 3.70. The summed E-state index contributed by atoms with van der Waals surface area (Å²) in [7, 11) is 1.77. The average Bonchev–Trinajstić information content (AvgIpc) is 2.92. The number of rotatable bonds is 3. The first kappa shape index (κ1) is 13.3. The van der Waals surface area contributed by atoms with Gasteiger partial charge in [0.25, 0.3) is 0 Å². The average molecular weight is 268 g/mol. The third kappa shape index (κ3) is 3.02. The van der Waals surface area contributed by atoms with Crippen LogP contribution in [0.15, 0.2) is 12.3 Å². The van der Waals surface area contributed by atoms with Crippen LogP contribution in [-0.4, -0.2) is 55.6 Å². The molecule has 0 aromatic carbocycles. The van der Waals surface area contributed by atoms with Crippen LogP contribution < -0.4 is 5.32 Å². The number of hydrogen-bond donors (Lipinski definition) is 3. The highest BCUT2D eigenvalue weighted by molar-refractivity contribution is 5.83. The van der Waals surface area contributed by atoms with Gasteiger partial charge in [0.05, 0.1) is 18.3 Å². The number of amides is 2. The van der Waals surface area contributed by atoms with E-state index in [9.17, 15) is 14.7 Å². The minimum absolute atomic E-state index is 0.0328. The molecule has 0 spiro atoms. The fourth-order valence-corrected chi connectivity index (χ4v) is 2.10. The number of carboxylic acid groups (broad SMARTS) is 1. The van der Waals surface area contributed by atoms with Crippen LogP contribution in [-0.2, 0) is 18.4 Å². The maximum atomic E-state index is 11.9. The van der Waals surface area contributed by atoms with E-state index in [2.05, 4.69) is 10.4 Å². The summed E-state index contributed by atoms with van der Waals surface area (Å²) in [6.07, 6.45) is 1.02. The molecule has 0 aliphatic carbocycles. The Labute approximate surface area is 109 Å². The highest BCUT2D eigenvalue weighted by atomic mass is 16.4. The number of carbonyl (C=O) groups is 2. The van der Waals surface area contributed by atoms with E-state index in [1.807, 2.05) is 0 Å². The Morgan fingerprint density at radius 1 is 1.58 bits per heavy atom. The van der Waals surface area contributed by atoms with Crippen LogP contribution in [0.4, 0.5) is 4.79 Å². The quantitative estimate of drug-likeness (QED) is 0.662. The summed E-state index contributed by atoms with van der Waals surface area (Å²) in [6, 6.07) is 0.279. The lowest BCUT2D eigenvalue weighted by atomic mass is 10.2. The van der Waals surface area contributed by atoms with E-state index >= 15 is 0 Å². The predicted octanol–water partition coefficient (Wildman–Crippen LogP) is -0.850. The molecule has 19 heavy (non-hydrogen) atoms. The molecule has 0 unspecified atom stereocenters. The fraction of sp³-hybridized carbons (Fsp3) is 0.545. The Bertz CT molecular complexity index is 487. The molecule has 1 aromatic heterocycles. The van der Waals surface area contributed by atoms with Gasteiger partial charge in [0.2, 0.25) is 0 Å². The normalized spacial score (nSPS) is 22.5. The summed E-state index contributed by atoms with van der Waals surface area (Å²) in [5, 5.41) is 25.1. The lowest BCUT2D eigenvalue weighted by Gasteiger charge is -2.21. The van der Waals surface area contributed by atoms with Gasteiger partial charge in [-0.25, -0.2) is 9.59 Å². The Balaban J connectivity index is 1.93. The lowest BCUT2D eigenvalue weighted by Crippen LogP contribution is -2.46. The van der Waals surface area contributed by atoms with Gasteiger partial charge >= 0.3 is 12.0 Å². The van der Waals surface area contributed by atoms with Crippen LogP contribution >= 0.6 is 0 Å². The second-order valence-corrected chi connectivity index (χ2v) is 4.54. The number of carboxylic acids is 1. The standard InChI is InChI=1S/C11H16N4O4/c1-14-3-2-7(13-14)5-12-11(19)15-6-8(16)4-9(15)10(17)18/h2-3,8-9,16H,4-6H2,1H3,(H,12,19)(H,17,18)/t8-,9-/m0/s1. The molecule has 2 rings (SSSR count). The summed E-state index contributed by atoms with van der Waals surface area (Å²) >= 11 is 0. The van der Waals surface area contributed by atoms with Crippen molar-refractivity contribution in [1.82, 2.24) is 20.0 Å². The number of aliphatic hydroxyl groups is 1. The van der Waals surface area contributed by atoms with Gasteiger partial charge in [-0.05, 0) is 6.07 Å². The number of aromatic nitrogens is 2. The minimum atomic E-state index is -1.11. The first-order valence-corrected chi connectivity index (χ1v) is 5.91.